The predicted molar refractivity (Wildman–Crippen MR) is 98.9 cm³/mol. The minimum Gasteiger partial charge on any atom is -1.00 e. The van der Waals surface area contributed by atoms with Crippen LogP contribution in [0, 0.1) is 6.92 Å². The van der Waals surface area contributed by atoms with Gasteiger partial charge in [0.2, 0.25) is 5.78 Å². The Morgan fingerprint density at radius 2 is 1.81 bits per heavy atom. The molecule has 1 aliphatic rings. The highest BCUT2D eigenvalue weighted by Gasteiger charge is 2.29. The van der Waals surface area contributed by atoms with Crippen LogP contribution in [0.2, 0.25) is 5.02 Å². The van der Waals surface area contributed by atoms with Gasteiger partial charge in [0.25, 0.3) is 5.82 Å². The molecule has 1 aliphatic heterocycles. The fourth-order valence-electron chi connectivity index (χ4n) is 3.48. The molecule has 2 aromatic carbocycles. The predicted octanol–water partition coefficient (Wildman–Crippen LogP) is 1.24. The van der Waals surface area contributed by atoms with Crippen molar-refractivity contribution < 1.29 is 26.3 Å². The van der Waals surface area contributed by atoms with E-state index >= 15 is 0 Å². The molecular formula is C21H20BrClN2O. The van der Waals surface area contributed by atoms with Crippen LogP contribution in [-0.4, -0.2) is 10.4 Å². The Morgan fingerprint density at radius 1 is 1.12 bits per heavy atom. The summed E-state index contributed by atoms with van der Waals surface area (Å²) in [6.45, 7) is 3.47. The van der Waals surface area contributed by atoms with Crippen molar-refractivity contribution in [1.82, 2.24) is 4.57 Å². The normalized spacial score (nSPS) is 12.5. The second-order valence-corrected chi connectivity index (χ2v) is 7.05. The standard InChI is InChI=1S/C21H20ClN2O.BrH/c1-15-4-6-16(7-5-15)19-13-23(21-3-2-12-24(19)21)14-20(25)17-8-10-18(22)11-9-17;/h4-11,13H,2-3,12,14H2,1H3;1H/q+1;/p-1. The van der Waals surface area contributed by atoms with E-state index in [9.17, 15) is 4.79 Å². The van der Waals surface area contributed by atoms with E-state index in [1.54, 1.807) is 24.3 Å². The van der Waals surface area contributed by atoms with Gasteiger partial charge < -0.3 is 17.0 Å². The van der Waals surface area contributed by atoms with Gasteiger partial charge in [-0.15, -0.1) is 0 Å². The lowest BCUT2D eigenvalue weighted by atomic mass is 10.1. The number of hydrogen-bond donors (Lipinski definition) is 0. The van der Waals surface area contributed by atoms with Crippen molar-refractivity contribution in [1.29, 1.82) is 0 Å². The van der Waals surface area contributed by atoms with Gasteiger partial charge in [0.05, 0.1) is 13.0 Å². The molecule has 0 unspecified atom stereocenters. The highest BCUT2D eigenvalue weighted by molar-refractivity contribution is 6.30. The summed E-state index contributed by atoms with van der Waals surface area (Å²) in [6, 6.07) is 15.7. The number of Topliss-reactive ketones (excluding diaryl/α,β-unsaturated/α-hetero) is 1. The van der Waals surface area contributed by atoms with Gasteiger partial charge in [-0.25, -0.2) is 9.13 Å². The molecule has 0 saturated heterocycles. The van der Waals surface area contributed by atoms with Crippen LogP contribution < -0.4 is 21.5 Å². The first-order valence-corrected chi connectivity index (χ1v) is 8.97. The van der Waals surface area contributed by atoms with Gasteiger partial charge in [-0.2, -0.15) is 0 Å². The number of aromatic nitrogens is 2. The Morgan fingerprint density at radius 3 is 2.50 bits per heavy atom. The molecule has 0 saturated carbocycles. The lowest BCUT2D eigenvalue weighted by molar-refractivity contribution is -0.689. The maximum Gasteiger partial charge on any atom is 0.257 e. The number of hydrogen-bond acceptors (Lipinski definition) is 1. The Labute approximate surface area is 169 Å². The molecule has 0 N–H and O–H groups in total. The monoisotopic (exact) mass is 430 g/mol. The fourth-order valence-corrected chi connectivity index (χ4v) is 3.61. The summed E-state index contributed by atoms with van der Waals surface area (Å²) in [6.07, 6.45) is 4.26. The molecule has 0 radical (unpaired) electrons. The Balaban J connectivity index is 0.00000196. The maximum absolute atomic E-state index is 12.6. The van der Waals surface area contributed by atoms with Crippen LogP contribution in [0.5, 0.6) is 0 Å². The average Bonchev–Trinajstić information content (AvgIpc) is 3.20. The number of imidazole rings is 1. The highest BCUT2D eigenvalue weighted by atomic mass is 79.9. The Hall–Kier alpha value is -1.91. The van der Waals surface area contributed by atoms with Crippen molar-refractivity contribution in [3.8, 4) is 11.3 Å². The van der Waals surface area contributed by atoms with Crippen molar-refractivity contribution in [3.05, 3.63) is 76.7 Å². The molecular weight excluding hydrogens is 412 g/mol. The number of halogens is 2. The summed E-state index contributed by atoms with van der Waals surface area (Å²) in [5.74, 6) is 1.34. The first-order chi connectivity index (χ1) is 12.1. The van der Waals surface area contributed by atoms with E-state index in [-0.39, 0.29) is 22.8 Å². The van der Waals surface area contributed by atoms with E-state index in [2.05, 4.69) is 46.5 Å². The molecule has 2 heterocycles. The van der Waals surface area contributed by atoms with Gasteiger partial charge in [-0.3, -0.25) is 4.79 Å². The van der Waals surface area contributed by atoms with Crippen molar-refractivity contribution >= 4 is 17.4 Å². The van der Waals surface area contributed by atoms with Crippen LogP contribution in [0.4, 0.5) is 0 Å². The third-order valence-electron chi connectivity index (χ3n) is 4.82. The van der Waals surface area contributed by atoms with Gasteiger partial charge in [0, 0.05) is 16.1 Å². The number of fused-ring (bicyclic) bond motifs is 1. The number of nitrogens with zero attached hydrogens (tertiary/aromatic N) is 2. The van der Waals surface area contributed by atoms with Gasteiger partial charge in [-0.05, 0) is 37.6 Å². The lowest BCUT2D eigenvalue weighted by Gasteiger charge is -2.00. The summed E-state index contributed by atoms with van der Waals surface area (Å²) >= 11 is 5.92. The van der Waals surface area contributed by atoms with Crippen LogP contribution in [0.3, 0.4) is 0 Å². The van der Waals surface area contributed by atoms with E-state index in [0.29, 0.717) is 17.1 Å². The van der Waals surface area contributed by atoms with Crippen molar-refractivity contribution in [2.45, 2.75) is 32.9 Å². The summed E-state index contributed by atoms with van der Waals surface area (Å²) in [5.41, 5.74) is 4.34. The van der Waals surface area contributed by atoms with Crippen LogP contribution in [-0.2, 0) is 19.5 Å². The van der Waals surface area contributed by atoms with Crippen molar-refractivity contribution in [2.75, 3.05) is 0 Å². The van der Waals surface area contributed by atoms with Crippen LogP contribution in [0.15, 0.2) is 54.7 Å². The molecule has 3 aromatic rings. The maximum atomic E-state index is 12.6. The molecule has 0 bridgehead atoms. The number of rotatable bonds is 4. The zero-order valence-corrected chi connectivity index (χ0v) is 16.9. The summed E-state index contributed by atoms with van der Waals surface area (Å²) in [4.78, 5) is 12.6. The highest BCUT2D eigenvalue weighted by Crippen LogP contribution is 2.25. The zero-order chi connectivity index (χ0) is 17.4. The molecule has 0 aliphatic carbocycles. The Bertz CT molecular complexity index is 930. The summed E-state index contributed by atoms with van der Waals surface area (Å²) in [5, 5.41) is 0.649. The molecule has 0 atom stereocenters. The SMILES string of the molecule is Cc1ccc(-c2c[n+](CC(=O)c3ccc(Cl)cc3)c3n2CCC3)cc1.[Br-]. The average molecular weight is 432 g/mol. The molecule has 0 fully saturated rings. The number of benzene rings is 2. The zero-order valence-electron chi connectivity index (χ0n) is 14.6. The molecule has 3 nitrogen and oxygen atoms in total. The minimum absolute atomic E-state index is 0. The van der Waals surface area contributed by atoms with Crippen molar-refractivity contribution in [3.63, 3.8) is 0 Å². The van der Waals surface area contributed by atoms with Crippen LogP contribution in [0.1, 0.15) is 28.2 Å². The van der Waals surface area contributed by atoms with E-state index in [4.69, 9.17) is 11.6 Å². The van der Waals surface area contributed by atoms with Gasteiger partial charge in [0.1, 0.15) is 6.20 Å². The minimum atomic E-state index is 0. The molecule has 1 aromatic heterocycles. The van der Waals surface area contributed by atoms with Gasteiger partial charge in [-0.1, -0.05) is 41.4 Å². The number of carbonyl (C=O) groups is 1. The summed E-state index contributed by atoms with van der Waals surface area (Å²) in [7, 11) is 0. The van der Waals surface area contributed by atoms with Gasteiger partial charge in [0.15, 0.2) is 12.2 Å². The number of carbonyl (C=O) groups excluding carboxylic acids is 1. The van der Waals surface area contributed by atoms with E-state index < -0.39 is 0 Å². The fraction of sp³-hybridized carbons (Fsp3) is 0.238. The molecule has 4 rings (SSSR count). The van der Waals surface area contributed by atoms with Crippen LogP contribution >= 0.6 is 11.6 Å². The van der Waals surface area contributed by atoms with E-state index in [1.807, 2.05) is 0 Å². The first-order valence-electron chi connectivity index (χ1n) is 8.59. The molecule has 0 amide bonds. The molecule has 0 spiro atoms. The van der Waals surface area contributed by atoms with Gasteiger partial charge >= 0.3 is 0 Å². The smallest absolute Gasteiger partial charge is 0.257 e. The quantitative estimate of drug-likeness (QED) is 0.451. The summed E-state index contributed by atoms with van der Waals surface area (Å²) < 4.78 is 4.46. The van der Waals surface area contributed by atoms with E-state index in [1.165, 1.54) is 22.6 Å². The lowest BCUT2D eigenvalue weighted by Crippen LogP contribution is -3.00. The molecule has 26 heavy (non-hydrogen) atoms. The third-order valence-corrected chi connectivity index (χ3v) is 5.07. The Kier molecular flexibility index (Phi) is 5.64. The van der Waals surface area contributed by atoms with E-state index in [0.717, 1.165) is 19.4 Å². The largest absolute Gasteiger partial charge is 1.00 e. The topological polar surface area (TPSA) is 25.9 Å². The second-order valence-electron chi connectivity index (χ2n) is 6.61. The molecule has 134 valence electrons. The van der Waals surface area contributed by atoms with Crippen LogP contribution in [0.25, 0.3) is 11.3 Å². The molecule has 5 heteroatoms. The number of ketones is 1. The first kappa shape index (κ1) is 18.9. The van der Waals surface area contributed by atoms with Crippen molar-refractivity contribution in [2.24, 2.45) is 0 Å². The second kappa shape index (κ2) is 7.77. The third kappa shape index (κ3) is 3.62. The number of aryl methyl sites for hydroxylation is 1.